The van der Waals surface area contributed by atoms with E-state index >= 15 is 0 Å². The fraction of sp³-hybridized carbons (Fsp3) is 0.400. The maximum absolute atomic E-state index is 12.7. The first-order valence-corrected chi connectivity index (χ1v) is 6.83. The van der Waals surface area contributed by atoms with E-state index in [9.17, 15) is 9.59 Å². The highest BCUT2D eigenvalue weighted by atomic mass is 16.4. The monoisotopic (exact) mass is 289 g/mol. The highest BCUT2D eigenvalue weighted by Crippen LogP contribution is 2.16. The van der Waals surface area contributed by atoms with Crippen LogP contribution in [-0.4, -0.2) is 64.5 Å². The second kappa shape index (κ2) is 6.49. The summed E-state index contributed by atoms with van der Waals surface area (Å²) in [5.41, 5.74) is 1.01. The molecule has 6 nitrogen and oxygen atoms in total. The number of aromatic nitrogens is 1. The largest absolute Gasteiger partial charge is 0.478 e. The second-order valence-corrected chi connectivity index (χ2v) is 5.24. The number of carboxylic acids is 1. The Morgan fingerprint density at radius 3 is 2.86 bits per heavy atom. The Labute approximate surface area is 123 Å². The molecule has 1 fully saturated rings. The molecule has 0 bridgehead atoms. The van der Waals surface area contributed by atoms with Crippen LogP contribution in [0.3, 0.4) is 0 Å². The van der Waals surface area contributed by atoms with E-state index in [0.717, 1.165) is 19.2 Å². The third-order valence-corrected chi connectivity index (χ3v) is 3.58. The zero-order valence-corrected chi connectivity index (χ0v) is 12.2. The van der Waals surface area contributed by atoms with Gasteiger partial charge in [-0.15, -0.1) is 0 Å². The molecule has 1 aromatic rings. The van der Waals surface area contributed by atoms with E-state index in [2.05, 4.69) is 9.88 Å². The summed E-state index contributed by atoms with van der Waals surface area (Å²) in [5.74, 6) is -1.13. The summed E-state index contributed by atoms with van der Waals surface area (Å²) in [4.78, 5) is 31.3. The van der Waals surface area contributed by atoms with Gasteiger partial charge in [-0.25, -0.2) is 4.79 Å². The molecule has 1 saturated heterocycles. The van der Waals surface area contributed by atoms with Gasteiger partial charge >= 0.3 is 5.97 Å². The third-order valence-electron chi connectivity index (χ3n) is 3.58. The fourth-order valence-electron chi connectivity index (χ4n) is 2.49. The van der Waals surface area contributed by atoms with E-state index in [0.29, 0.717) is 17.7 Å². The van der Waals surface area contributed by atoms with E-state index in [1.807, 2.05) is 18.9 Å². The van der Waals surface area contributed by atoms with Gasteiger partial charge in [-0.05, 0) is 26.1 Å². The van der Waals surface area contributed by atoms with E-state index in [1.165, 1.54) is 12.3 Å². The molecule has 0 radical (unpaired) electrons. The summed E-state index contributed by atoms with van der Waals surface area (Å²) < 4.78 is 0. The number of carboxylic acid groups (broad SMARTS) is 1. The summed E-state index contributed by atoms with van der Waals surface area (Å²) >= 11 is 0. The van der Waals surface area contributed by atoms with Crippen LogP contribution in [0.15, 0.2) is 24.5 Å². The van der Waals surface area contributed by atoms with Crippen LogP contribution in [-0.2, 0) is 4.79 Å². The van der Waals surface area contributed by atoms with Gasteiger partial charge in [0, 0.05) is 55.3 Å². The van der Waals surface area contributed by atoms with Crippen molar-refractivity contribution in [3.05, 3.63) is 35.7 Å². The summed E-state index contributed by atoms with van der Waals surface area (Å²) in [5, 5.41) is 8.72. The van der Waals surface area contributed by atoms with Crippen LogP contribution in [0.25, 0.3) is 6.08 Å². The van der Waals surface area contributed by atoms with Crippen LogP contribution >= 0.6 is 0 Å². The number of rotatable bonds is 3. The van der Waals surface area contributed by atoms with Crippen molar-refractivity contribution in [2.75, 3.05) is 26.7 Å². The Morgan fingerprint density at radius 2 is 2.19 bits per heavy atom. The predicted molar refractivity (Wildman–Crippen MR) is 78.9 cm³/mol. The number of carbonyl (C=O) groups excluding carboxylic acids is 1. The van der Waals surface area contributed by atoms with Crippen molar-refractivity contribution >= 4 is 18.0 Å². The van der Waals surface area contributed by atoms with Crippen LogP contribution in [0.2, 0.25) is 0 Å². The van der Waals surface area contributed by atoms with Crippen molar-refractivity contribution in [2.24, 2.45) is 0 Å². The fourth-order valence-corrected chi connectivity index (χ4v) is 2.49. The lowest BCUT2D eigenvalue weighted by molar-refractivity contribution is -0.131. The topological polar surface area (TPSA) is 73.7 Å². The quantitative estimate of drug-likeness (QED) is 0.839. The number of piperazine rings is 1. The SMILES string of the molecule is CC1CN(C)CCN1C(=O)c1ccncc1/C=C/C(=O)O. The van der Waals surface area contributed by atoms with Crippen molar-refractivity contribution in [1.82, 2.24) is 14.8 Å². The zero-order valence-electron chi connectivity index (χ0n) is 12.2. The molecule has 2 rings (SSSR count). The number of hydrogen-bond donors (Lipinski definition) is 1. The number of likely N-dealkylation sites (N-methyl/N-ethyl adjacent to an activating group) is 1. The predicted octanol–water partition coefficient (Wildman–Crippen LogP) is 0.955. The van der Waals surface area contributed by atoms with E-state index < -0.39 is 5.97 Å². The summed E-state index contributed by atoms with van der Waals surface area (Å²) in [6.45, 7) is 4.35. The summed E-state index contributed by atoms with van der Waals surface area (Å²) in [6.07, 6.45) is 5.48. The minimum absolute atomic E-state index is 0.0805. The lowest BCUT2D eigenvalue weighted by atomic mass is 10.1. The molecular weight excluding hydrogens is 270 g/mol. The van der Waals surface area contributed by atoms with Gasteiger partial charge in [0.2, 0.25) is 0 Å². The smallest absolute Gasteiger partial charge is 0.328 e. The summed E-state index contributed by atoms with van der Waals surface area (Å²) in [7, 11) is 2.03. The lowest BCUT2D eigenvalue weighted by Gasteiger charge is -2.38. The van der Waals surface area contributed by atoms with Crippen molar-refractivity contribution in [2.45, 2.75) is 13.0 Å². The lowest BCUT2D eigenvalue weighted by Crippen LogP contribution is -2.52. The van der Waals surface area contributed by atoms with Gasteiger partial charge in [-0.1, -0.05) is 0 Å². The number of aliphatic carboxylic acids is 1. The third kappa shape index (κ3) is 3.66. The minimum atomic E-state index is -1.05. The molecule has 0 aromatic carbocycles. The molecule has 112 valence electrons. The van der Waals surface area contributed by atoms with Crippen LogP contribution in [0.4, 0.5) is 0 Å². The molecule has 1 N–H and O–H groups in total. The molecule has 0 saturated carbocycles. The van der Waals surface area contributed by atoms with Crippen molar-refractivity contribution in [3.8, 4) is 0 Å². The molecule has 1 amide bonds. The van der Waals surface area contributed by atoms with Gasteiger partial charge in [-0.2, -0.15) is 0 Å². The van der Waals surface area contributed by atoms with Gasteiger partial charge in [-0.3, -0.25) is 9.78 Å². The highest BCUT2D eigenvalue weighted by molar-refractivity contribution is 5.99. The van der Waals surface area contributed by atoms with E-state index in [-0.39, 0.29) is 11.9 Å². The van der Waals surface area contributed by atoms with Crippen LogP contribution in [0, 0.1) is 0 Å². The number of carbonyl (C=O) groups is 2. The van der Waals surface area contributed by atoms with Gasteiger partial charge < -0.3 is 14.9 Å². The number of nitrogens with zero attached hydrogens (tertiary/aromatic N) is 3. The van der Waals surface area contributed by atoms with E-state index in [4.69, 9.17) is 5.11 Å². The summed E-state index contributed by atoms with van der Waals surface area (Å²) in [6, 6.07) is 1.76. The molecular formula is C15H19N3O3. The Balaban J connectivity index is 2.25. The Hall–Kier alpha value is -2.21. The molecule has 0 aliphatic carbocycles. The standard InChI is InChI=1S/C15H19N3O3/c1-11-10-17(2)7-8-18(11)15(21)13-5-6-16-9-12(13)3-4-14(19)20/h3-6,9,11H,7-8,10H2,1-2H3,(H,19,20)/b4-3+. The number of hydrogen-bond acceptors (Lipinski definition) is 4. The van der Waals surface area contributed by atoms with Crippen molar-refractivity contribution in [1.29, 1.82) is 0 Å². The Morgan fingerprint density at radius 1 is 1.43 bits per heavy atom. The van der Waals surface area contributed by atoms with Crippen molar-refractivity contribution in [3.63, 3.8) is 0 Å². The molecule has 1 aliphatic rings. The zero-order chi connectivity index (χ0) is 15.4. The van der Waals surface area contributed by atoms with Crippen molar-refractivity contribution < 1.29 is 14.7 Å². The minimum Gasteiger partial charge on any atom is -0.478 e. The maximum atomic E-state index is 12.7. The second-order valence-electron chi connectivity index (χ2n) is 5.24. The average molecular weight is 289 g/mol. The molecule has 1 aromatic heterocycles. The normalized spacial score (nSPS) is 19.9. The van der Waals surface area contributed by atoms with E-state index in [1.54, 1.807) is 12.3 Å². The first-order valence-electron chi connectivity index (χ1n) is 6.83. The Kier molecular flexibility index (Phi) is 4.70. The molecule has 2 heterocycles. The van der Waals surface area contributed by atoms with Crippen LogP contribution < -0.4 is 0 Å². The molecule has 1 atom stereocenters. The molecule has 0 spiro atoms. The van der Waals surface area contributed by atoms with Gasteiger partial charge in [0.1, 0.15) is 0 Å². The first-order chi connectivity index (χ1) is 9.99. The van der Waals surface area contributed by atoms with Crippen LogP contribution in [0.5, 0.6) is 0 Å². The number of pyridine rings is 1. The van der Waals surface area contributed by atoms with Crippen LogP contribution in [0.1, 0.15) is 22.8 Å². The average Bonchev–Trinajstić information content (AvgIpc) is 2.45. The first kappa shape index (κ1) is 15.2. The molecule has 1 aliphatic heterocycles. The molecule has 6 heteroatoms. The molecule has 21 heavy (non-hydrogen) atoms. The van der Waals surface area contributed by atoms with Gasteiger partial charge in [0.25, 0.3) is 5.91 Å². The number of amides is 1. The van der Waals surface area contributed by atoms with Gasteiger partial charge in [0.15, 0.2) is 0 Å². The van der Waals surface area contributed by atoms with Gasteiger partial charge in [0.05, 0.1) is 0 Å². The maximum Gasteiger partial charge on any atom is 0.328 e. The molecule has 1 unspecified atom stereocenters. The Bertz CT molecular complexity index is 571. The highest BCUT2D eigenvalue weighted by Gasteiger charge is 2.27.